The van der Waals surface area contributed by atoms with Gasteiger partial charge in [-0.2, -0.15) is 0 Å². The van der Waals surface area contributed by atoms with Gasteiger partial charge in [0, 0.05) is 5.92 Å². The summed E-state index contributed by atoms with van der Waals surface area (Å²) in [7, 11) is 0. The molecule has 0 aromatic heterocycles. The first-order valence-corrected chi connectivity index (χ1v) is 11.2. The molecule has 0 aliphatic heterocycles. The second kappa shape index (κ2) is 7.48. The van der Waals surface area contributed by atoms with Gasteiger partial charge < -0.3 is 0 Å². The molecule has 1 unspecified atom stereocenters. The highest BCUT2D eigenvalue weighted by Gasteiger charge is 2.34. The minimum absolute atomic E-state index is 0.331. The minimum Gasteiger partial charge on any atom is -0.0829 e. The lowest BCUT2D eigenvalue weighted by Gasteiger charge is -2.28. The van der Waals surface area contributed by atoms with Crippen LogP contribution in [0, 0.1) is 0 Å². The van der Waals surface area contributed by atoms with Crippen molar-refractivity contribution in [1.82, 2.24) is 0 Å². The highest BCUT2D eigenvalue weighted by Crippen LogP contribution is 2.52. The Kier molecular flexibility index (Phi) is 5.15. The van der Waals surface area contributed by atoms with Gasteiger partial charge >= 0.3 is 0 Å². The van der Waals surface area contributed by atoms with Crippen molar-refractivity contribution < 1.29 is 0 Å². The average Bonchev–Trinajstić information content (AvgIpc) is 3.02. The number of hydrogen-bond donors (Lipinski definition) is 0. The van der Waals surface area contributed by atoms with Crippen molar-refractivity contribution in [1.29, 1.82) is 0 Å². The Morgan fingerprint density at radius 3 is 1.86 bits per heavy atom. The topological polar surface area (TPSA) is 0 Å². The highest BCUT2D eigenvalue weighted by atomic mass is 14.4. The average molecular weight is 383 g/mol. The minimum atomic E-state index is 0.331. The van der Waals surface area contributed by atoms with Gasteiger partial charge in [-0.25, -0.2) is 0 Å². The van der Waals surface area contributed by atoms with Crippen LogP contribution < -0.4 is 0 Å². The highest BCUT2D eigenvalue weighted by molar-refractivity contribution is 6.04. The lowest BCUT2D eigenvalue weighted by Crippen LogP contribution is -2.11. The summed E-state index contributed by atoms with van der Waals surface area (Å²) in [5.41, 5.74) is 10.4. The maximum atomic E-state index is 2.49. The van der Waals surface area contributed by atoms with Crippen molar-refractivity contribution in [2.75, 3.05) is 0 Å². The maximum absolute atomic E-state index is 2.49. The van der Waals surface area contributed by atoms with Gasteiger partial charge in [0.05, 0.1) is 0 Å². The summed E-state index contributed by atoms with van der Waals surface area (Å²) in [6.07, 6.45) is 2.35. The second-order valence-electron chi connectivity index (χ2n) is 9.51. The van der Waals surface area contributed by atoms with Crippen LogP contribution in [0.25, 0.3) is 16.3 Å². The van der Waals surface area contributed by atoms with Crippen LogP contribution in [0.15, 0.2) is 54.6 Å². The third-order valence-electron chi connectivity index (χ3n) is 6.65. The normalized spacial score (nSPS) is 17.4. The Morgan fingerprint density at radius 2 is 1.34 bits per heavy atom. The Bertz CT molecular complexity index is 1060. The van der Waals surface area contributed by atoms with Crippen LogP contribution in [0.5, 0.6) is 0 Å². The molecular weight excluding hydrogens is 348 g/mol. The fourth-order valence-corrected chi connectivity index (χ4v) is 5.15. The summed E-state index contributed by atoms with van der Waals surface area (Å²) < 4.78 is 0. The van der Waals surface area contributed by atoms with Gasteiger partial charge in [0.15, 0.2) is 0 Å². The first kappa shape index (κ1) is 20.0. The summed E-state index contributed by atoms with van der Waals surface area (Å²) in [6.45, 7) is 16.2. The largest absolute Gasteiger partial charge is 0.0829 e. The Hall–Kier alpha value is -2.34. The molecule has 1 atom stereocenters. The van der Waals surface area contributed by atoms with Crippen LogP contribution in [0.3, 0.4) is 0 Å². The molecule has 0 saturated carbocycles. The quantitative estimate of drug-likeness (QED) is 0.423. The van der Waals surface area contributed by atoms with Gasteiger partial charge in [-0.3, -0.25) is 0 Å². The molecule has 3 aromatic rings. The molecule has 0 heterocycles. The van der Waals surface area contributed by atoms with E-state index in [1.165, 1.54) is 44.2 Å². The third-order valence-corrected chi connectivity index (χ3v) is 6.65. The maximum Gasteiger partial charge on any atom is 0.0354 e. The van der Waals surface area contributed by atoms with Crippen LogP contribution in [0.4, 0.5) is 0 Å². The molecule has 0 nitrogen and oxygen atoms in total. The zero-order valence-corrected chi connectivity index (χ0v) is 19.0. The van der Waals surface area contributed by atoms with Crippen molar-refractivity contribution in [3.05, 3.63) is 88.0 Å². The van der Waals surface area contributed by atoms with E-state index < -0.39 is 0 Å². The van der Waals surface area contributed by atoms with Crippen molar-refractivity contribution >= 4 is 16.3 Å². The molecule has 0 bridgehead atoms. The number of allylic oxidation sites excluding steroid dienone is 2. The van der Waals surface area contributed by atoms with E-state index in [0.717, 1.165) is 0 Å². The zero-order chi connectivity index (χ0) is 20.9. The Morgan fingerprint density at radius 1 is 0.759 bits per heavy atom. The molecule has 29 heavy (non-hydrogen) atoms. The summed E-state index contributed by atoms with van der Waals surface area (Å²) in [4.78, 5) is 0. The molecular formula is C29H34. The van der Waals surface area contributed by atoms with E-state index in [-0.39, 0.29) is 0 Å². The van der Waals surface area contributed by atoms with Crippen LogP contribution in [0.2, 0.25) is 0 Å². The third kappa shape index (κ3) is 3.14. The lowest BCUT2D eigenvalue weighted by molar-refractivity contribution is 0.774. The van der Waals surface area contributed by atoms with Crippen molar-refractivity contribution in [2.45, 2.75) is 72.1 Å². The smallest absolute Gasteiger partial charge is 0.0354 e. The van der Waals surface area contributed by atoms with E-state index in [9.17, 15) is 0 Å². The number of benzene rings is 3. The molecule has 1 aliphatic carbocycles. The van der Waals surface area contributed by atoms with E-state index in [0.29, 0.717) is 23.7 Å². The van der Waals surface area contributed by atoms with E-state index >= 15 is 0 Å². The fourth-order valence-electron chi connectivity index (χ4n) is 5.15. The van der Waals surface area contributed by atoms with Crippen LogP contribution in [0.1, 0.15) is 106 Å². The first-order chi connectivity index (χ1) is 13.8. The van der Waals surface area contributed by atoms with Gasteiger partial charge in [-0.1, -0.05) is 96.1 Å². The van der Waals surface area contributed by atoms with Crippen LogP contribution in [-0.2, 0) is 0 Å². The molecule has 0 radical (unpaired) electrons. The molecule has 0 saturated heterocycles. The van der Waals surface area contributed by atoms with Gasteiger partial charge in [0.25, 0.3) is 0 Å². The standard InChI is InChI=1S/C29H34/c1-8-22-23-13-9-11-20-12-10-14-24(27(20)23)28(22)29-25(18(4)5)15-21(17(2)3)16-26(29)19(6)7/h8-19,28H,1-7H3. The molecule has 0 fully saturated rings. The predicted molar refractivity (Wildman–Crippen MR) is 128 cm³/mol. The van der Waals surface area contributed by atoms with Crippen LogP contribution >= 0.6 is 0 Å². The van der Waals surface area contributed by atoms with Crippen LogP contribution in [-0.4, -0.2) is 0 Å². The Labute approximate surface area is 176 Å². The van der Waals surface area contributed by atoms with E-state index in [4.69, 9.17) is 0 Å². The van der Waals surface area contributed by atoms with Crippen molar-refractivity contribution in [3.8, 4) is 0 Å². The fraction of sp³-hybridized carbons (Fsp3) is 0.379. The van der Waals surface area contributed by atoms with Crippen molar-refractivity contribution in [3.63, 3.8) is 0 Å². The molecule has 150 valence electrons. The van der Waals surface area contributed by atoms with E-state index in [1.807, 2.05) is 0 Å². The number of hydrogen-bond acceptors (Lipinski definition) is 0. The predicted octanol–water partition coefficient (Wildman–Crippen LogP) is 8.76. The molecule has 3 aromatic carbocycles. The van der Waals surface area contributed by atoms with Gasteiger partial charge in [0.2, 0.25) is 0 Å². The molecule has 4 rings (SSSR count). The molecule has 1 aliphatic rings. The summed E-state index contributed by atoms with van der Waals surface area (Å²) in [5, 5.41) is 2.81. The molecule has 0 amide bonds. The Balaban J connectivity index is 2.08. The molecule has 0 spiro atoms. The molecule has 0 N–H and O–H groups in total. The van der Waals surface area contributed by atoms with Gasteiger partial charge in [0.1, 0.15) is 0 Å². The number of rotatable bonds is 4. The zero-order valence-electron chi connectivity index (χ0n) is 19.0. The van der Waals surface area contributed by atoms with E-state index in [1.54, 1.807) is 5.56 Å². The summed E-state index contributed by atoms with van der Waals surface area (Å²) in [6, 6.07) is 18.6. The molecule has 0 heteroatoms. The summed E-state index contributed by atoms with van der Waals surface area (Å²) in [5.74, 6) is 1.88. The monoisotopic (exact) mass is 382 g/mol. The van der Waals surface area contributed by atoms with Gasteiger partial charge in [-0.05, 0) is 74.4 Å². The van der Waals surface area contributed by atoms with E-state index in [2.05, 4.69) is 103 Å². The SMILES string of the molecule is CC=C1c2cccc3cccc(c23)C1c1c(C(C)C)cc(C(C)C)cc1C(C)C. The summed E-state index contributed by atoms with van der Waals surface area (Å²) >= 11 is 0. The van der Waals surface area contributed by atoms with Crippen molar-refractivity contribution in [2.24, 2.45) is 0 Å². The second-order valence-corrected chi connectivity index (χ2v) is 9.51. The lowest BCUT2D eigenvalue weighted by atomic mass is 9.76. The van der Waals surface area contributed by atoms with Gasteiger partial charge in [-0.15, -0.1) is 0 Å². The first-order valence-electron chi connectivity index (χ1n) is 11.2.